The molecule has 3 aromatic rings. The lowest BCUT2D eigenvalue weighted by atomic mass is 9.92. The van der Waals surface area contributed by atoms with Crippen LogP contribution in [0, 0.1) is 23.0 Å². The number of fused-ring (bicyclic) bond motifs is 2. The van der Waals surface area contributed by atoms with Gasteiger partial charge in [0.25, 0.3) is 0 Å². The Morgan fingerprint density at radius 3 is 2.63 bits per heavy atom. The molecule has 0 radical (unpaired) electrons. The average Bonchev–Trinajstić information content (AvgIpc) is 3.45. The largest absolute Gasteiger partial charge is 0.492 e. The lowest BCUT2D eigenvalue weighted by molar-refractivity contribution is -0.141. The van der Waals surface area contributed by atoms with E-state index >= 15 is 0 Å². The first kappa shape index (κ1) is 22.9. The molecule has 2 atom stereocenters. The van der Waals surface area contributed by atoms with Gasteiger partial charge in [-0.2, -0.15) is 5.26 Å². The number of esters is 1. The van der Waals surface area contributed by atoms with Crippen LogP contribution in [0.25, 0.3) is 0 Å². The predicted octanol–water partition coefficient (Wildman–Crippen LogP) is 5.53. The smallest absolute Gasteiger partial charge is 0.306 e. The van der Waals surface area contributed by atoms with Crippen LogP contribution in [0.2, 0.25) is 0 Å². The van der Waals surface area contributed by atoms with Crippen LogP contribution >= 0.6 is 0 Å². The van der Waals surface area contributed by atoms with Crippen molar-refractivity contribution < 1.29 is 27.8 Å². The Kier molecular flexibility index (Phi) is 6.12. The number of hydrogen-bond donors (Lipinski definition) is 0. The van der Waals surface area contributed by atoms with Crippen LogP contribution in [-0.4, -0.2) is 19.7 Å². The summed E-state index contributed by atoms with van der Waals surface area (Å²) in [7, 11) is 1.37. The van der Waals surface area contributed by atoms with Crippen molar-refractivity contribution in [1.82, 2.24) is 0 Å². The number of hydrogen-bond acceptors (Lipinski definition) is 5. The zero-order valence-corrected chi connectivity index (χ0v) is 19.1. The second kappa shape index (κ2) is 9.38. The molecule has 1 aliphatic heterocycles. The van der Waals surface area contributed by atoms with E-state index in [4.69, 9.17) is 14.2 Å². The summed E-state index contributed by atoms with van der Waals surface area (Å²) >= 11 is 0. The first-order valence-corrected chi connectivity index (χ1v) is 11.5. The monoisotopic (exact) mass is 475 g/mol. The van der Waals surface area contributed by atoms with Crippen molar-refractivity contribution in [3.05, 3.63) is 93.5 Å². The van der Waals surface area contributed by atoms with E-state index in [-0.39, 0.29) is 36.4 Å². The van der Waals surface area contributed by atoms with Crippen LogP contribution in [0.3, 0.4) is 0 Å². The molecule has 1 heterocycles. The highest BCUT2D eigenvalue weighted by atomic mass is 19.1. The fourth-order valence-corrected chi connectivity index (χ4v) is 4.99. The van der Waals surface area contributed by atoms with Crippen LogP contribution in [0.1, 0.15) is 58.2 Å². The Labute approximate surface area is 201 Å². The summed E-state index contributed by atoms with van der Waals surface area (Å²) in [6, 6.07) is 15.1. The first-order valence-electron chi connectivity index (χ1n) is 11.5. The number of benzene rings is 3. The molecule has 0 spiro atoms. The zero-order chi connectivity index (χ0) is 24.5. The van der Waals surface area contributed by atoms with Crippen molar-refractivity contribution in [3.63, 3.8) is 0 Å². The lowest BCUT2D eigenvalue weighted by Gasteiger charge is -2.17. The summed E-state index contributed by atoms with van der Waals surface area (Å²) in [6.07, 6.45) is 1.33. The van der Waals surface area contributed by atoms with E-state index < -0.39 is 11.6 Å². The van der Waals surface area contributed by atoms with Gasteiger partial charge in [-0.3, -0.25) is 4.79 Å². The van der Waals surface area contributed by atoms with Crippen molar-refractivity contribution in [2.45, 2.75) is 37.7 Å². The number of carbonyl (C=O) groups excluding carboxylic acids is 1. The molecule has 0 amide bonds. The average molecular weight is 475 g/mol. The highest BCUT2D eigenvalue weighted by Gasteiger charge is 2.30. The normalized spacial score (nSPS) is 17.8. The van der Waals surface area contributed by atoms with Gasteiger partial charge in [0.1, 0.15) is 29.2 Å². The Bertz CT molecular complexity index is 1330. The van der Waals surface area contributed by atoms with Gasteiger partial charge in [-0.25, -0.2) is 8.78 Å². The minimum atomic E-state index is -0.624. The number of nitrogens with zero attached hydrogens (tertiary/aromatic N) is 1. The summed E-state index contributed by atoms with van der Waals surface area (Å²) in [5.41, 5.74) is 3.78. The molecule has 0 fully saturated rings. The van der Waals surface area contributed by atoms with E-state index in [0.717, 1.165) is 16.7 Å². The number of ether oxygens (including phenoxy) is 3. The van der Waals surface area contributed by atoms with Crippen molar-refractivity contribution in [3.8, 4) is 17.6 Å². The maximum atomic E-state index is 14.3. The summed E-state index contributed by atoms with van der Waals surface area (Å²) in [6.45, 7) is 0.410. The molecule has 5 rings (SSSR count). The second-order valence-electron chi connectivity index (χ2n) is 8.78. The van der Waals surface area contributed by atoms with Gasteiger partial charge < -0.3 is 14.2 Å². The zero-order valence-electron chi connectivity index (χ0n) is 19.1. The van der Waals surface area contributed by atoms with E-state index in [9.17, 15) is 18.8 Å². The van der Waals surface area contributed by atoms with E-state index in [0.29, 0.717) is 42.1 Å². The van der Waals surface area contributed by atoms with Gasteiger partial charge in [-0.15, -0.1) is 0 Å². The fourth-order valence-electron chi connectivity index (χ4n) is 4.99. The number of rotatable bonds is 6. The van der Waals surface area contributed by atoms with Gasteiger partial charge in [0.2, 0.25) is 0 Å². The van der Waals surface area contributed by atoms with Crippen molar-refractivity contribution in [1.29, 1.82) is 5.26 Å². The topological polar surface area (TPSA) is 68.6 Å². The number of carbonyl (C=O) groups is 1. The molecule has 0 bridgehead atoms. The third-order valence-corrected chi connectivity index (χ3v) is 6.79. The Morgan fingerprint density at radius 2 is 1.89 bits per heavy atom. The molecule has 0 unspecified atom stereocenters. The highest BCUT2D eigenvalue weighted by Crippen LogP contribution is 2.42. The highest BCUT2D eigenvalue weighted by molar-refractivity contribution is 5.71. The molecule has 0 N–H and O–H groups in total. The molecular weight excluding hydrogens is 452 g/mol. The maximum Gasteiger partial charge on any atom is 0.306 e. The Hall–Kier alpha value is -3.92. The van der Waals surface area contributed by atoms with E-state index in [2.05, 4.69) is 6.07 Å². The van der Waals surface area contributed by atoms with E-state index in [1.807, 2.05) is 24.3 Å². The molecule has 5 nitrogen and oxygen atoms in total. The molecule has 2 aliphatic rings. The molecule has 1 aliphatic carbocycles. The number of nitriles is 1. The van der Waals surface area contributed by atoms with Gasteiger partial charge >= 0.3 is 5.97 Å². The van der Waals surface area contributed by atoms with Crippen LogP contribution in [-0.2, 0) is 22.4 Å². The van der Waals surface area contributed by atoms with Crippen molar-refractivity contribution in [2.24, 2.45) is 0 Å². The lowest BCUT2D eigenvalue weighted by Crippen LogP contribution is -2.09. The van der Waals surface area contributed by atoms with Crippen molar-refractivity contribution >= 4 is 5.97 Å². The number of methoxy groups -OCH3 is 1. The quantitative estimate of drug-likeness (QED) is 0.439. The maximum absolute atomic E-state index is 14.3. The fraction of sp³-hybridized carbons (Fsp3) is 0.286. The van der Waals surface area contributed by atoms with Gasteiger partial charge in [0, 0.05) is 29.5 Å². The summed E-state index contributed by atoms with van der Waals surface area (Å²) in [4.78, 5) is 11.7. The molecule has 7 heteroatoms. The molecule has 0 saturated heterocycles. The van der Waals surface area contributed by atoms with Crippen LogP contribution in [0.4, 0.5) is 8.78 Å². The molecule has 178 valence electrons. The summed E-state index contributed by atoms with van der Waals surface area (Å²) in [5.74, 6) is -0.264. The molecule has 0 aromatic heterocycles. The van der Waals surface area contributed by atoms with E-state index in [1.165, 1.54) is 25.3 Å². The molecular formula is C28H23F2NO4. The number of halogens is 2. The standard InChI is InChI=1S/C28H23F2NO4/c1-33-28(32)11-17-15-34-27-12-18(6-8-19(17)27)35-26-10-9-20-21(26)7-5-16(14-31)22(20)13-23-24(29)3-2-4-25(23)30/h2-8,12,17,26H,9-11,13,15H2,1H3/t17-,26-/m1/s1. The van der Waals surface area contributed by atoms with E-state index in [1.54, 1.807) is 6.07 Å². The third-order valence-electron chi connectivity index (χ3n) is 6.79. The minimum absolute atomic E-state index is 0.00552. The molecule has 3 aromatic carbocycles. The second-order valence-corrected chi connectivity index (χ2v) is 8.78. The van der Waals surface area contributed by atoms with Gasteiger partial charge in [0.05, 0.1) is 31.8 Å². The predicted molar refractivity (Wildman–Crippen MR) is 123 cm³/mol. The first-order chi connectivity index (χ1) is 17.0. The third kappa shape index (κ3) is 4.32. The van der Waals surface area contributed by atoms with Gasteiger partial charge in [0.15, 0.2) is 0 Å². The van der Waals surface area contributed by atoms with Gasteiger partial charge in [-0.05, 0) is 53.8 Å². The SMILES string of the molecule is COC(=O)C[C@@H]1COc2cc(O[C@@H]3CCc4c3ccc(C#N)c4Cc3c(F)cccc3F)ccc21. The molecule has 35 heavy (non-hydrogen) atoms. The summed E-state index contributed by atoms with van der Waals surface area (Å²) in [5, 5.41) is 9.64. The van der Waals surface area contributed by atoms with Crippen molar-refractivity contribution in [2.75, 3.05) is 13.7 Å². The Balaban J connectivity index is 1.40. The minimum Gasteiger partial charge on any atom is -0.492 e. The van der Waals surface area contributed by atoms with Crippen LogP contribution in [0.15, 0.2) is 48.5 Å². The summed E-state index contributed by atoms with van der Waals surface area (Å²) < 4.78 is 45.5. The Morgan fingerprint density at radius 1 is 1.11 bits per heavy atom. The molecule has 0 saturated carbocycles. The van der Waals surface area contributed by atoms with Crippen LogP contribution in [0.5, 0.6) is 11.5 Å². The van der Waals surface area contributed by atoms with Gasteiger partial charge in [-0.1, -0.05) is 18.2 Å². The van der Waals surface area contributed by atoms with Crippen LogP contribution < -0.4 is 9.47 Å².